The number of rotatable bonds is 2. The SMILES string of the molecule is O=C(Nc1ccc(F)cc1F)c1cccc2c1OCCO2. The number of hydrogen-bond donors (Lipinski definition) is 1. The van der Waals surface area contributed by atoms with Gasteiger partial charge in [0, 0.05) is 6.07 Å². The van der Waals surface area contributed by atoms with Crippen LogP contribution < -0.4 is 14.8 Å². The Morgan fingerprint density at radius 3 is 2.71 bits per heavy atom. The van der Waals surface area contributed by atoms with Crippen molar-refractivity contribution in [3.8, 4) is 11.5 Å². The summed E-state index contributed by atoms with van der Waals surface area (Å²) in [6, 6.07) is 7.81. The second kappa shape index (κ2) is 5.40. The van der Waals surface area contributed by atoms with Gasteiger partial charge in [-0.25, -0.2) is 8.78 Å². The Kier molecular flexibility index (Phi) is 3.43. The van der Waals surface area contributed by atoms with Crippen LogP contribution in [-0.2, 0) is 0 Å². The molecule has 0 fully saturated rings. The third kappa shape index (κ3) is 2.65. The van der Waals surface area contributed by atoms with Crippen molar-refractivity contribution in [2.75, 3.05) is 18.5 Å². The van der Waals surface area contributed by atoms with Crippen molar-refractivity contribution in [3.63, 3.8) is 0 Å². The Bertz CT molecular complexity index is 703. The minimum atomic E-state index is -0.842. The molecule has 108 valence electrons. The topological polar surface area (TPSA) is 47.6 Å². The maximum absolute atomic E-state index is 13.6. The lowest BCUT2D eigenvalue weighted by atomic mass is 10.1. The Balaban J connectivity index is 1.89. The molecule has 0 radical (unpaired) electrons. The van der Waals surface area contributed by atoms with Crippen LogP contribution in [-0.4, -0.2) is 19.1 Å². The third-order valence-electron chi connectivity index (χ3n) is 2.99. The van der Waals surface area contributed by atoms with Crippen LogP contribution in [0.3, 0.4) is 0 Å². The molecular weight excluding hydrogens is 280 g/mol. The highest BCUT2D eigenvalue weighted by atomic mass is 19.1. The highest BCUT2D eigenvalue weighted by molar-refractivity contribution is 6.06. The number of halogens is 2. The summed E-state index contributed by atoms with van der Waals surface area (Å²) in [4.78, 5) is 12.2. The molecule has 0 aromatic heterocycles. The first-order valence-electron chi connectivity index (χ1n) is 6.30. The number of benzene rings is 2. The van der Waals surface area contributed by atoms with Crippen molar-refractivity contribution in [1.29, 1.82) is 0 Å². The third-order valence-corrected chi connectivity index (χ3v) is 2.99. The van der Waals surface area contributed by atoms with E-state index in [1.165, 1.54) is 0 Å². The zero-order valence-corrected chi connectivity index (χ0v) is 10.9. The van der Waals surface area contributed by atoms with Crippen molar-refractivity contribution in [1.82, 2.24) is 0 Å². The van der Waals surface area contributed by atoms with Crippen LogP contribution in [0.4, 0.5) is 14.5 Å². The summed E-state index contributed by atoms with van der Waals surface area (Å²) in [5.41, 5.74) is 0.131. The van der Waals surface area contributed by atoms with Gasteiger partial charge >= 0.3 is 0 Å². The van der Waals surface area contributed by atoms with E-state index in [0.29, 0.717) is 30.8 Å². The van der Waals surface area contributed by atoms with Crippen molar-refractivity contribution in [2.45, 2.75) is 0 Å². The summed E-state index contributed by atoms with van der Waals surface area (Å²) < 4.78 is 37.2. The molecule has 2 aromatic carbocycles. The molecule has 0 atom stereocenters. The van der Waals surface area contributed by atoms with Crippen LogP contribution in [0.15, 0.2) is 36.4 Å². The van der Waals surface area contributed by atoms with E-state index in [-0.39, 0.29) is 11.3 Å². The fraction of sp³-hybridized carbons (Fsp3) is 0.133. The Labute approximate surface area is 119 Å². The molecule has 4 nitrogen and oxygen atoms in total. The molecular formula is C15H11F2NO3. The van der Waals surface area contributed by atoms with Crippen molar-refractivity contribution < 1.29 is 23.0 Å². The Morgan fingerprint density at radius 2 is 1.90 bits per heavy atom. The Hall–Kier alpha value is -2.63. The van der Waals surface area contributed by atoms with Crippen LogP contribution >= 0.6 is 0 Å². The van der Waals surface area contributed by atoms with Crippen LogP contribution in [0.25, 0.3) is 0 Å². The van der Waals surface area contributed by atoms with Gasteiger partial charge in [-0.05, 0) is 24.3 Å². The van der Waals surface area contributed by atoms with Gasteiger partial charge in [0.25, 0.3) is 5.91 Å². The number of carbonyl (C=O) groups is 1. The van der Waals surface area contributed by atoms with Crippen LogP contribution in [0.5, 0.6) is 11.5 Å². The van der Waals surface area contributed by atoms with Crippen LogP contribution in [0.1, 0.15) is 10.4 Å². The summed E-state index contributed by atoms with van der Waals surface area (Å²) in [7, 11) is 0. The van der Waals surface area contributed by atoms with Crippen LogP contribution in [0, 0.1) is 11.6 Å². The molecule has 2 aromatic rings. The van der Waals surface area contributed by atoms with Crippen molar-refractivity contribution in [3.05, 3.63) is 53.6 Å². The van der Waals surface area contributed by atoms with Gasteiger partial charge in [0.2, 0.25) is 0 Å². The average molecular weight is 291 g/mol. The highest BCUT2D eigenvalue weighted by Gasteiger charge is 2.21. The minimum absolute atomic E-state index is 0.101. The summed E-state index contributed by atoms with van der Waals surface area (Å²) in [5, 5.41) is 2.39. The highest BCUT2D eigenvalue weighted by Crippen LogP contribution is 2.34. The fourth-order valence-electron chi connectivity index (χ4n) is 2.03. The number of para-hydroxylation sites is 1. The molecule has 21 heavy (non-hydrogen) atoms. The molecule has 0 spiro atoms. The molecule has 1 amide bonds. The maximum atomic E-state index is 13.6. The predicted octanol–water partition coefficient (Wildman–Crippen LogP) is 2.99. The van der Waals surface area contributed by atoms with Crippen LogP contribution in [0.2, 0.25) is 0 Å². The van der Waals surface area contributed by atoms with E-state index in [2.05, 4.69) is 5.32 Å². The first-order valence-corrected chi connectivity index (χ1v) is 6.30. The second-order valence-corrected chi connectivity index (χ2v) is 4.41. The molecule has 1 aliphatic heterocycles. The van der Waals surface area contributed by atoms with Crippen molar-refractivity contribution in [2.24, 2.45) is 0 Å². The first kappa shape index (κ1) is 13.4. The number of fused-ring (bicyclic) bond motifs is 1. The van der Waals surface area contributed by atoms with Gasteiger partial charge in [-0.3, -0.25) is 4.79 Å². The fourth-order valence-corrected chi connectivity index (χ4v) is 2.03. The van der Waals surface area contributed by atoms with E-state index in [0.717, 1.165) is 12.1 Å². The molecule has 1 heterocycles. The number of nitrogens with one attached hydrogen (secondary N) is 1. The summed E-state index contributed by atoms with van der Waals surface area (Å²) in [6.07, 6.45) is 0. The maximum Gasteiger partial charge on any atom is 0.259 e. The quantitative estimate of drug-likeness (QED) is 0.925. The summed E-state index contributed by atoms with van der Waals surface area (Å²) >= 11 is 0. The first-order chi connectivity index (χ1) is 10.1. The minimum Gasteiger partial charge on any atom is -0.486 e. The molecule has 0 saturated carbocycles. The normalized spacial score (nSPS) is 12.9. The molecule has 0 bridgehead atoms. The zero-order chi connectivity index (χ0) is 14.8. The average Bonchev–Trinajstić information content (AvgIpc) is 2.49. The van der Waals surface area contributed by atoms with E-state index in [9.17, 15) is 13.6 Å². The van der Waals surface area contributed by atoms with Gasteiger partial charge < -0.3 is 14.8 Å². The van der Waals surface area contributed by atoms with Gasteiger partial charge in [0.1, 0.15) is 24.8 Å². The largest absolute Gasteiger partial charge is 0.486 e. The van der Waals surface area contributed by atoms with Gasteiger partial charge in [0.05, 0.1) is 11.3 Å². The molecule has 1 aliphatic rings. The van der Waals surface area contributed by atoms with E-state index >= 15 is 0 Å². The van der Waals surface area contributed by atoms with Gasteiger partial charge in [0.15, 0.2) is 11.5 Å². The van der Waals surface area contributed by atoms with E-state index in [4.69, 9.17) is 9.47 Å². The zero-order valence-electron chi connectivity index (χ0n) is 10.9. The number of ether oxygens (including phenoxy) is 2. The lowest BCUT2D eigenvalue weighted by Gasteiger charge is -2.20. The Morgan fingerprint density at radius 1 is 1.10 bits per heavy atom. The smallest absolute Gasteiger partial charge is 0.259 e. The number of amides is 1. The lowest BCUT2D eigenvalue weighted by molar-refractivity contribution is 0.101. The molecule has 0 saturated heterocycles. The standard InChI is InChI=1S/C15H11F2NO3/c16-9-4-5-12(11(17)8-9)18-15(19)10-2-1-3-13-14(10)21-7-6-20-13/h1-5,8H,6-7H2,(H,18,19). The predicted molar refractivity (Wildman–Crippen MR) is 71.7 cm³/mol. The molecule has 6 heteroatoms. The van der Waals surface area contributed by atoms with E-state index in [1.807, 2.05) is 0 Å². The number of anilines is 1. The molecule has 0 aliphatic carbocycles. The number of hydrogen-bond acceptors (Lipinski definition) is 3. The van der Waals surface area contributed by atoms with E-state index in [1.54, 1.807) is 18.2 Å². The summed E-state index contributed by atoms with van der Waals surface area (Å²) in [6.45, 7) is 0.743. The second-order valence-electron chi connectivity index (χ2n) is 4.41. The van der Waals surface area contributed by atoms with Gasteiger partial charge in [-0.1, -0.05) is 6.07 Å². The van der Waals surface area contributed by atoms with Crippen molar-refractivity contribution >= 4 is 11.6 Å². The van der Waals surface area contributed by atoms with Gasteiger partial charge in [-0.2, -0.15) is 0 Å². The summed E-state index contributed by atoms with van der Waals surface area (Å²) in [5.74, 6) is -1.32. The van der Waals surface area contributed by atoms with Gasteiger partial charge in [-0.15, -0.1) is 0 Å². The lowest BCUT2D eigenvalue weighted by Crippen LogP contribution is -2.20. The molecule has 0 unspecified atom stereocenters. The molecule has 1 N–H and O–H groups in total. The molecule has 3 rings (SSSR count). The number of carbonyl (C=O) groups excluding carboxylic acids is 1. The monoisotopic (exact) mass is 291 g/mol. The van der Waals surface area contributed by atoms with E-state index < -0.39 is 17.5 Å².